The Hall–Kier alpha value is -2.49. The normalized spacial score (nSPS) is 11.0. The molecular weight excluding hydrogens is 278 g/mol. The van der Waals surface area contributed by atoms with Crippen LogP contribution in [0, 0.1) is 0 Å². The Morgan fingerprint density at radius 2 is 1.77 bits per heavy atom. The highest BCUT2D eigenvalue weighted by Gasteiger charge is 2.19. The van der Waals surface area contributed by atoms with E-state index >= 15 is 0 Å². The molecule has 0 bridgehead atoms. The first-order valence-electron chi connectivity index (χ1n) is 7.15. The second-order valence-electron chi connectivity index (χ2n) is 6.03. The highest BCUT2D eigenvalue weighted by atomic mass is 16.6. The van der Waals surface area contributed by atoms with Gasteiger partial charge in [0.1, 0.15) is 18.0 Å². The van der Waals surface area contributed by atoms with Crippen molar-refractivity contribution in [3.8, 4) is 5.75 Å². The second-order valence-corrected chi connectivity index (χ2v) is 6.03. The van der Waals surface area contributed by atoms with Crippen molar-refractivity contribution in [3.63, 3.8) is 0 Å². The van der Waals surface area contributed by atoms with Gasteiger partial charge in [-0.25, -0.2) is 4.79 Å². The molecule has 2 N–H and O–H groups in total. The topological polar surface area (TPSA) is 61.5 Å². The van der Waals surface area contributed by atoms with Gasteiger partial charge in [0.05, 0.1) is 5.56 Å². The lowest BCUT2D eigenvalue weighted by Crippen LogP contribution is -2.24. The fraction of sp³-hybridized carbons (Fsp3) is 0.278. The van der Waals surface area contributed by atoms with Gasteiger partial charge >= 0.3 is 5.97 Å². The maximum Gasteiger partial charge on any atom is 0.340 e. The molecular formula is C18H21NO3. The predicted molar refractivity (Wildman–Crippen MR) is 86.8 cm³/mol. The van der Waals surface area contributed by atoms with E-state index in [-0.39, 0.29) is 0 Å². The molecule has 4 nitrogen and oxygen atoms in total. The number of carbonyl (C=O) groups excluding carboxylic acids is 1. The Kier molecular flexibility index (Phi) is 4.71. The van der Waals surface area contributed by atoms with Crippen LogP contribution in [0.15, 0.2) is 48.5 Å². The SMILES string of the molecule is CC(C)(C)OC(=O)c1ccc(OCc2ccccc2)cc1N. The van der Waals surface area contributed by atoms with Gasteiger partial charge in [0.25, 0.3) is 0 Å². The summed E-state index contributed by atoms with van der Waals surface area (Å²) in [5.41, 5.74) is 7.14. The first kappa shape index (κ1) is 15.9. The Morgan fingerprint density at radius 1 is 1.09 bits per heavy atom. The minimum absolute atomic E-state index is 0.347. The molecule has 116 valence electrons. The number of esters is 1. The van der Waals surface area contributed by atoms with E-state index in [4.69, 9.17) is 15.2 Å². The number of nitrogens with two attached hydrogens (primary N) is 1. The van der Waals surface area contributed by atoms with Crippen molar-refractivity contribution < 1.29 is 14.3 Å². The Balaban J connectivity index is 2.05. The van der Waals surface area contributed by atoms with Gasteiger partial charge in [-0.05, 0) is 38.5 Å². The van der Waals surface area contributed by atoms with Crippen LogP contribution in [-0.4, -0.2) is 11.6 Å². The van der Waals surface area contributed by atoms with Crippen LogP contribution in [-0.2, 0) is 11.3 Å². The first-order valence-corrected chi connectivity index (χ1v) is 7.15. The highest BCUT2D eigenvalue weighted by molar-refractivity contribution is 5.95. The number of anilines is 1. The number of hydrogen-bond acceptors (Lipinski definition) is 4. The van der Waals surface area contributed by atoms with Crippen molar-refractivity contribution in [2.24, 2.45) is 0 Å². The number of ether oxygens (including phenoxy) is 2. The van der Waals surface area contributed by atoms with Crippen LogP contribution in [0.1, 0.15) is 36.7 Å². The molecule has 2 rings (SSSR count). The molecule has 0 spiro atoms. The number of benzene rings is 2. The molecule has 4 heteroatoms. The fourth-order valence-electron chi connectivity index (χ4n) is 1.89. The van der Waals surface area contributed by atoms with E-state index in [0.717, 1.165) is 5.56 Å². The zero-order chi connectivity index (χ0) is 16.2. The number of carbonyl (C=O) groups is 1. The Bertz CT molecular complexity index is 645. The third-order valence-corrected chi connectivity index (χ3v) is 2.89. The van der Waals surface area contributed by atoms with E-state index in [1.807, 2.05) is 51.1 Å². The Morgan fingerprint density at radius 3 is 2.36 bits per heavy atom. The van der Waals surface area contributed by atoms with Gasteiger partial charge in [0, 0.05) is 11.8 Å². The minimum atomic E-state index is -0.550. The van der Waals surface area contributed by atoms with Crippen molar-refractivity contribution in [2.75, 3.05) is 5.73 Å². The summed E-state index contributed by atoms with van der Waals surface area (Å²) in [4.78, 5) is 12.0. The van der Waals surface area contributed by atoms with Crippen molar-refractivity contribution in [1.29, 1.82) is 0 Å². The van der Waals surface area contributed by atoms with Crippen molar-refractivity contribution >= 4 is 11.7 Å². The summed E-state index contributed by atoms with van der Waals surface area (Å²) in [6.45, 7) is 5.90. The van der Waals surface area contributed by atoms with Crippen LogP contribution in [0.25, 0.3) is 0 Å². The lowest BCUT2D eigenvalue weighted by molar-refractivity contribution is 0.00708. The molecule has 0 aliphatic carbocycles. The van der Waals surface area contributed by atoms with Crippen LogP contribution < -0.4 is 10.5 Å². The molecule has 22 heavy (non-hydrogen) atoms. The second kappa shape index (κ2) is 6.52. The molecule has 2 aromatic carbocycles. The first-order chi connectivity index (χ1) is 10.3. The average Bonchev–Trinajstić information content (AvgIpc) is 2.44. The van der Waals surface area contributed by atoms with Gasteiger partial charge in [-0.3, -0.25) is 0 Å². The predicted octanol–water partition coefficient (Wildman–Crippen LogP) is 3.80. The summed E-state index contributed by atoms with van der Waals surface area (Å²) in [5, 5.41) is 0. The van der Waals surface area contributed by atoms with Gasteiger partial charge in [-0.15, -0.1) is 0 Å². The lowest BCUT2D eigenvalue weighted by atomic mass is 10.1. The molecule has 0 aliphatic heterocycles. The van der Waals surface area contributed by atoms with E-state index in [1.165, 1.54) is 0 Å². The molecule has 0 atom stereocenters. The maximum absolute atomic E-state index is 12.0. The summed E-state index contributed by atoms with van der Waals surface area (Å²) in [6.07, 6.45) is 0. The highest BCUT2D eigenvalue weighted by Crippen LogP contribution is 2.23. The van der Waals surface area contributed by atoms with E-state index in [1.54, 1.807) is 18.2 Å². The third-order valence-electron chi connectivity index (χ3n) is 2.89. The zero-order valence-electron chi connectivity index (χ0n) is 13.1. The van der Waals surface area contributed by atoms with E-state index in [2.05, 4.69) is 0 Å². The van der Waals surface area contributed by atoms with E-state index in [0.29, 0.717) is 23.6 Å². The van der Waals surface area contributed by atoms with Crippen LogP contribution in [0.5, 0.6) is 5.75 Å². The molecule has 0 unspecified atom stereocenters. The van der Waals surface area contributed by atoms with Crippen molar-refractivity contribution in [1.82, 2.24) is 0 Å². The molecule has 2 aromatic rings. The third kappa shape index (κ3) is 4.52. The number of rotatable bonds is 4. The molecule has 0 amide bonds. The van der Waals surface area contributed by atoms with E-state index < -0.39 is 11.6 Å². The smallest absolute Gasteiger partial charge is 0.340 e. The van der Waals surface area contributed by atoms with Crippen LogP contribution >= 0.6 is 0 Å². The van der Waals surface area contributed by atoms with Crippen molar-refractivity contribution in [3.05, 3.63) is 59.7 Å². The molecule has 0 fully saturated rings. The van der Waals surface area contributed by atoms with Gasteiger partial charge < -0.3 is 15.2 Å². The summed E-state index contributed by atoms with van der Waals surface area (Å²) in [6, 6.07) is 14.8. The van der Waals surface area contributed by atoms with Crippen LogP contribution in [0.2, 0.25) is 0 Å². The van der Waals surface area contributed by atoms with Gasteiger partial charge in [-0.1, -0.05) is 30.3 Å². The Labute approximate surface area is 130 Å². The zero-order valence-corrected chi connectivity index (χ0v) is 13.1. The van der Waals surface area contributed by atoms with Crippen LogP contribution in [0.4, 0.5) is 5.69 Å². The minimum Gasteiger partial charge on any atom is -0.489 e. The fourth-order valence-corrected chi connectivity index (χ4v) is 1.89. The van der Waals surface area contributed by atoms with Gasteiger partial charge in [0.2, 0.25) is 0 Å². The average molecular weight is 299 g/mol. The van der Waals surface area contributed by atoms with Gasteiger partial charge in [-0.2, -0.15) is 0 Å². The molecule has 0 aliphatic rings. The maximum atomic E-state index is 12.0. The monoisotopic (exact) mass is 299 g/mol. The molecule has 0 heterocycles. The summed E-state index contributed by atoms with van der Waals surface area (Å²) in [7, 11) is 0. The largest absolute Gasteiger partial charge is 0.489 e. The number of nitrogen functional groups attached to an aromatic ring is 1. The molecule has 0 saturated heterocycles. The van der Waals surface area contributed by atoms with E-state index in [9.17, 15) is 4.79 Å². The summed E-state index contributed by atoms with van der Waals surface area (Å²) >= 11 is 0. The summed E-state index contributed by atoms with van der Waals surface area (Å²) in [5.74, 6) is 0.188. The summed E-state index contributed by atoms with van der Waals surface area (Å²) < 4.78 is 11.0. The molecule has 0 saturated carbocycles. The lowest BCUT2D eigenvalue weighted by Gasteiger charge is -2.20. The van der Waals surface area contributed by atoms with Crippen molar-refractivity contribution in [2.45, 2.75) is 33.0 Å². The molecule has 0 aromatic heterocycles. The standard InChI is InChI=1S/C18H21NO3/c1-18(2,3)22-17(20)15-10-9-14(11-16(15)19)21-12-13-7-5-4-6-8-13/h4-11H,12,19H2,1-3H3. The quantitative estimate of drug-likeness (QED) is 0.689. The van der Waals surface area contributed by atoms with Crippen LogP contribution in [0.3, 0.4) is 0 Å². The van der Waals surface area contributed by atoms with Gasteiger partial charge in [0.15, 0.2) is 0 Å². The number of hydrogen-bond donors (Lipinski definition) is 1. The molecule has 0 radical (unpaired) electrons.